The Kier molecular flexibility index (Phi) is 3.81. The monoisotopic (exact) mass is 286 g/mol. The maximum absolute atomic E-state index is 12.2. The third-order valence-corrected chi connectivity index (χ3v) is 3.75. The highest BCUT2D eigenvalue weighted by molar-refractivity contribution is 5.94. The second kappa shape index (κ2) is 5.91. The first kappa shape index (κ1) is 13.5. The van der Waals surface area contributed by atoms with E-state index < -0.39 is 0 Å². The Balaban J connectivity index is 1.63. The van der Waals surface area contributed by atoms with Gasteiger partial charge in [0.05, 0.1) is 18.9 Å². The van der Waals surface area contributed by atoms with E-state index in [0.717, 1.165) is 24.5 Å². The van der Waals surface area contributed by atoms with Crippen molar-refractivity contribution in [3.8, 4) is 5.75 Å². The number of nitrogens with zero attached hydrogens (tertiary/aromatic N) is 2. The number of methoxy groups -OCH3 is 1. The van der Waals surface area contributed by atoms with Crippen LogP contribution >= 0.6 is 0 Å². The fraction of sp³-hybridized carbons (Fsp3) is 0.312. The maximum atomic E-state index is 12.2. The molecule has 1 saturated heterocycles. The number of amides is 1. The molecule has 5 nitrogen and oxygen atoms in total. The van der Waals surface area contributed by atoms with Gasteiger partial charge >= 0.3 is 0 Å². The largest absolute Gasteiger partial charge is 0.497 e. The fourth-order valence-corrected chi connectivity index (χ4v) is 2.54. The topological polar surface area (TPSA) is 45.9 Å². The number of benzene rings is 1. The summed E-state index contributed by atoms with van der Waals surface area (Å²) < 4.78 is 10.2. The second-order valence-corrected chi connectivity index (χ2v) is 4.99. The zero-order valence-corrected chi connectivity index (χ0v) is 12.0. The van der Waals surface area contributed by atoms with Gasteiger partial charge in [-0.15, -0.1) is 0 Å². The Morgan fingerprint density at radius 3 is 2.67 bits per heavy atom. The highest BCUT2D eigenvalue weighted by Crippen LogP contribution is 2.22. The maximum Gasteiger partial charge on any atom is 0.257 e. The molecule has 1 aromatic heterocycles. The minimum absolute atomic E-state index is 0.0362. The molecular formula is C16H18N2O3. The van der Waals surface area contributed by atoms with Crippen LogP contribution in [0, 0.1) is 0 Å². The van der Waals surface area contributed by atoms with E-state index in [1.54, 1.807) is 13.2 Å². The van der Waals surface area contributed by atoms with Crippen LogP contribution in [0.2, 0.25) is 0 Å². The summed E-state index contributed by atoms with van der Waals surface area (Å²) >= 11 is 0. The van der Waals surface area contributed by atoms with Gasteiger partial charge in [0, 0.05) is 37.9 Å². The molecule has 2 aromatic rings. The van der Waals surface area contributed by atoms with Crippen molar-refractivity contribution in [1.29, 1.82) is 0 Å². The van der Waals surface area contributed by atoms with Crippen molar-refractivity contribution in [2.24, 2.45) is 0 Å². The Morgan fingerprint density at radius 2 is 2.00 bits per heavy atom. The summed E-state index contributed by atoms with van der Waals surface area (Å²) in [6.45, 7) is 3.05. The molecule has 1 amide bonds. The number of hydrogen-bond acceptors (Lipinski definition) is 4. The lowest BCUT2D eigenvalue weighted by Gasteiger charge is -2.36. The lowest BCUT2D eigenvalue weighted by molar-refractivity contribution is 0.0746. The van der Waals surface area contributed by atoms with Gasteiger partial charge in [-0.05, 0) is 18.2 Å². The van der Waals surface area contributed by atoms with Gasteiger partial charge in [-0.3, -0.25) is 4.79 Å². The minimum atomic E-state index is 0.0362. The molecular weight excluding hydrogens is 268 g/mol. The zero-order chi connectivity index (χ0) is 14.7. The molecule has 5 heteroatoms. The Labute approximate surface area is 123 Å². The summed E-state index contributed by atoms with van der Waals surface area (Å²) in [5.41, 5.74) is 1.74. The average Bonchev–Trinajstić information content (AvgIpc) is 3.09. The Morgan fingerprint density at radius 1 is 1.19 bits per heavy atom. The van der Waals surface area contributed by atoms with Crippen molar-refractivity contribution in [3.63, 3.8) is 0 Å². The van der Waals surface area contributed by atoms with Gasteiger partial charge in [0.1, 0.15) is 12.0 Å². The van der Waals surface area contributed by atoms with Crippen molar-refractivity contribution in [2.75, 3.05) is 38.2 Å². The number of hydrogen-bond donors (Lipinski definition) is 0. The van der Waals surface area contributed by atoms with Gasteiger partial charge in [0.25, 0.3) is 5.91 Å². The molecule has 0 saturated carbocycles. The summed E-state index contributed by atoms with van der Waals surface area (Å²) in [6.07, 6.45) is 3.02. The molecule has 21 heavy (non-hydrogen) atoms. The average molecular weight is 286 g/mol. The van der Waals surface area contributed by atoms with Gasteiger partial charge in [0.2, 0.25) is 0 Å². The van der Waals surface area contributed by atoms with Gasteiger partial charge in [0.15, 0.2) is 0 Å². The molecule has 110 valence electrons. The van der Waals surface area contributed by atoms with E-state index >= 15 is 0 Å². The van der Waals surface area contributed by atoms with E-state index in [9.17, 15) is 4.79 Å². The normalized spacial score (nSPS) is 15.1. The lowest BCUT2D eigenvalue weighted by atomic mass is 10.2. The second-order valence-electron chi connectivity index (χ2n) is 4.99. The van der Waals surface area contributed by atoms with Gasteiger partial charge in [-0.1, -0.05) is 6.07 Å². The van der Waals surface area contributed by atoms with Crippen LogP contribution < -0.4 is 9.64 Å². The van der Waals surface area contributed by atoms with Crippen LogP contribution in [0.5, 0.6) is 5.75 Å². The molecule has 0 bridgehead atoms. The smallest absolute Gasteiger partial charge is 0.257 e. The van der Waals surface area contributed by atoms with Crippen LogP contribution in [0.4, 0.5) is 5.69 Å². The van der Waals surface area contributed by atoms with Crippen molar-refractivity contribution in [3.05, 3.63) is 48.4 Å². The summed E-state index contributed by atoms with van der Waals surface area (Å²) in [5, 5.41) is 0. The molecule has 1 aromatic carbocycles. The Bertz CT molecular complexity index is 602. The summed E-state index contributed by atoms with van der Waals surface area (Å²) in [5.74, 6) is 0.887. The minimum Gasteiger partial charge on any atom is -0.497 e. The van der Waals surface area contributed by atoms with Gasteiger partial charge in [-0.2, -0.15) is 0 Å². The SMILES string of the molecule is COc1cccc(N2CCN(C(=O)c3ccoc3)CC2)c1. The Hall–Kier alpha value is -2.43. The van der Waals surface area contributed by atoms with Crippen LogP contribution in [-0.4, -0.2) is 44.1 Å². The van der Waals surface area contributed by atoms with Crippen molar-refractivity contribution >= 4 is 11.6 Å². The number of furan rings is 1. The predicted molar refractivity (Wildman–Crippen MR) is 79.8 cm³/mol. The van der Waals surface area contributed by atoms with E-state index in [2.05, 4.69) is 11.0 Å². The summed E-state index contributed by atoms with van der Waals surface area (Å²) in [7, 11) is 1.67. The molecule has 0 spiro atoms. The number of carbonyl (C=O) groups is 1. The van der Waals surface area contributed by atoms with E-state index in [4.69, 9.17) is 9.15 Å². The van der Waals surface area contributed by atoms with Crippen LogP contribution in [0.25, 0.3) is 0 Å². The predicted octanol–water partition coefficient (Wildman–Crippen LogP) is 2.25. The zero-order valence-electron chi connectivity index (χ0n) is 12.0. The molecule has 1 fully saturated rings. The molecule has 1 aliphatic heterocycles. The van der Waals surface area contributed by atoms with Crippen LogP contribution in [-0.2, 0) is 0 Å². The highest BCUT2D eigenvalue weighted by atomic mass is 16.5. The molecule has 1 aliphatic rings. The van der Waals surface area contributed by atoms with Crippen LogP contribution in [0.3, 0.4) is 0 Å². The number of ether oxygens (including phenoxy) is 1. The molecule has 0 atom stereocenters. The first-order chi connectivity index (χ1) is 10.3. The number of carbonyl (C=O) groups excluding carboxylic acids is 1. The molecule has 0 unspecified atom stereocenters. The van der Waals surface area contributed by atoms with Crippen LogP contribution in [0.15, 0.2) is 47.3 Å². The summed E-state index contributed by atoms with van der Waals surface area (Å²) in [4.78, 5) is 16.4. The fourth-order valence-electron chi connectivity index (χ4n) is 2.54. The first-order valence-corrected chi connectivity index (χ1v) is 6.98. The third kappa shape index (κ3) is 2.86. The van der Waals surface area contributed by atoms with Gasteiger partial charge < -0.3 is 19.0 Å². The number of rotatable bonds is 3. The molecule has 0 radical (unpaired) electrons. The van der Waals surface area contributed by atoms with E-state index in [0.29, 0.717) is 18.7 Å². The van der Waals surface area contributed by atoms with Crippen LogP contribution in [0.1, 0.15) is 10.4 Å². The molecule has 2 heterocycles. The number of anilines is 1. The van der Waals surface area contributed by atoms with E-state index in [1.807, 2.05) is 23.1 Å². The lowest BCUT2D eigenvalue weighted by Crippen LogP contribution is -2.48. The molecule has 0 aliphatic carbocycles. The molecule has 0 N–H and O–H groups in total. The van der Waals surface area contributed by atoms with Crippen molar-refractivity contribution in [1.82, 2.24) is 4.90 Å². The summed E-state index contributed by atoms with van der Waals surface area (Å²) in [6, 6.07) is 9.71. The highest BCUT2D eigenvalue weighted by Gasteiger charge is 2.22. The van der Waals surface area contributed by atoms with Crippen molar-refractivity contribution in [2.45, 2.75) is 0 Å². The standard InChI is InChI=1S/C16H18N2O3/c1-20-15-4-2-3-14(11-15)17-6-8-18(9-7-17)16(19)13-5-10-21-12-13/h2-5,10-12H,6-9H2,1H3. The third-order valence-electron chi connectivity index (χ3n) is 3.75. The van der Waals surface area contributed by atoms with E-state index in [-0.39, 0.29) is 5.91 Å². The quantitative estimate of drug-likeness (QED) is 0.868. The van der Waals surface area contributed by atoms with Crippen molar-refractivity contribution < 1.29 is 13.9 Å². The first-order valence-electron chi connectivity index (χ1n) is 6.98. The van der Waals surface area contributed by atoms with Gasteiger partial charge in [-0.25, -0.2) is 0 Å². The molecule has 3 rings (SSSR count). The van der Waals surface area contributed by atoms with E-state index in [1.165, 1.54) is 12.5 Å². The number of piperazine rings is 1.